The number of aliphatic hydroxyl groups is 3. The molecular weight excluding hydrogens is 296 g/mol. The molecule has 4 atom stereocenters. The van der Waals surface area contributed by atoms with Gasteiger partial charge < -0.3 is 20.1 Å². The number of hydrogen-bond acceptors (Lipinski definition) is 5. The first-order valence-corrected chi connectivity index (χ1v) is 7.09. The standard InChI is InChI=1S/C14H17ClN2O4/c1-6-3-8-9(4-7(6)2)17(14(15)16-8)13-12(20)11(19)10(5-18)21-13/h3-4,10-13,18-20H,5H2,1-2H3/t10-,11+,12-,13+/m0/s1. The summed E-state index contributed by atoms with van der Waals surface area (Å²) >= 11 is 6.17. The maximum atomic E-state index is 10.1. The zero-order chi connectivity index (χ0) is 15.3. The Hall–Kier alpha value is -1.18. The van der Waals surface area contributed by atoms with Crippen LogP contribution in [0.5, 0.6) is 0 Å². The SMILES string of the molecule is Cc1cc2nc(Cl)n([C@@H]3O[C@@H](CO)[C@@H](O)[C@@H]3O)c2cc1C. The molecule has 0 bridgehead atoms. The monoisotopic (exact) mass is 312 g/mol. The molecule has 1 aromatic heterocycles. The molecule has 1 aliphatic heterocycles. The molecule has 1 fully saturated rings. The summed E-state index contributed by atoms with van der Waals surface area (Å²) in [6.07, 6.45) is -4.07. The Morgan fingerprint density at radius 1 is 1.24 bits per heavy atom. The van der Waals surface area contributed by atoms with Crippen LogP contribution in [0.2, 0.25) is 5.28 Å². The van der Waals surface area contributed by atoms with Crippen LogP contribution in [0, 0.1) is 13.8 Å². The number of imidazole rings is 1. The molecule has 3 N–H and O–H groups in total. The summed E-state index contributed by atoms with van der Waals surface area (Å²) in [7, 11) is 0. The first-order chi connectivity index (χ1) is 9.93. The number of fused-ring (bicyclic) bond motifs is 1. The van der Waals surface area contributed by atoms with Crippen molar-refractivity contribution >= 4 is 22.6 Å². The summed E-state index contributed by atoms with van der Waals surface area (Å²) in [5.74, 6) is 0. The van der Waals surface area contributed by atoms with Crippen LogP contribution in [0.1, 0.15) is 17.4 Å². The van der Waals surface area contributed by atoms with E-state index in [4.69, 9.17) is 16.3 Å². The van der Waals surface area contributed by atoms with E-state index in [-0.39, 0.29) is 11.9 Å². The molecular formula is C14H17ClN2O4. The van der Waals surface area contributed by atoms with Crippen molar-refractivity contribution in [2.45, 2.75) is 38.4 Å². The van der Waals surface area contributed by atoms with Gasteiger partial charge in [0, 0.05) is 0 Å². The largest absolute Gasteiger partial charge is 0.394 e. The Bertz CT molecular complexity index is 687. The van der Waals surface area contributed by atoms with E-state index in [2.05, 4.69) is 4.98 Å². The van der Waals surface area contributed by atoms with Crippen molar-refractivity contribution < 1.29 is 20.1 Å². The predicted molar refractivity (Wildman–Crippen MR) is 77.2 cm³/mol. The third kappa shape index (κ3) is 2.23. The predicted octanol–water partition coefficient (Wildman–Crippen LogP) is 0.918. The lowest BCUT2D eigenvalue weighted by Gasteiger charge is -2.18. The molecule has 3 rings (SSSR count). The molecule has 21 heavy (non-hydrogen) atoms. The van der Waals surface area contributed by atoms with E-state index < -0.39 is 24.5 Å². The average Bonchev–Trinajstić information content (AvgIpc) is 2.89. The van der Waals surface area contributed by atoms with Gasteiger partial charge in [-0.05, 0) is 48.7 Å². The van der Waals surface area contributed by atoms with E-state index in [0.29, 0.717) is 5.52 Å². The third-order valence-corrected chi connectivity index (χ3v) is 4.30. The maximum absolute atomic E-state index is 10.1. The first kappa shape index (κ1) is 14.7. The average molecular weight is 313 g/mol. The Kier molecular flexibility index (Phi) is 3.67. The normalized spacial score (nSPS) is 29.4. The van der Waals surface area contributed by atoms with Gasteiger partial charge in [-0.1, -0.05) is 0 Å². The number of halogens is 1. The minimum Gasteiger partial charge on any atom is -0.394 e. The van der Waals surface area contributed by atoms with Gasteiger partial charge in [-0.2, -0.15) is 0 Å². The Labute approximate surface area is 126 Å². The summed E-state index contributed by atoms with van der Waals surface area (Å²) in [6, 6.07) is 3.83. The number of aryl methyl sites for hydroxylation is 2. The van der Waals surface area contributed by atoms with Crippen LogP contribution in [0.15, 0.2) is 12.1 Å². The van der Waals surface area contributed by atoms with Gasteiger partial charge in [0.05, 0.1) is 17.6 Å². The second kappa shape index (κ2) is 5.23. The van der Waals surface area contributed by atoms with Gasteiger partial charge in [0.25, 0.3) is 0 Å². The van der Waals surface area contributed by atoms with Crippen molar-refractivity contribution in [1.82, 2.24) is 9.55 Å². The van der Waals surface area contributed by atoms with Crippen LogP contribution in [0.25, 0.3) is 11.0 Å². The molecule has 1 aliphatic rings. The summed E-state index contributed by atoms with van der Waals surface area (Å²) in [5, 5.41) is 29.4. The number of aromatic nitrogens is 2. The fourth-order valence-electron chi connectivity index (χ4n) is 2.66. The summed E-state index contributed by atoms with van der Waals surface area (Å²) in [5.41, 5.74) is 3.57. The van der Waals surface area contributed by atoms with Gasteiger partial charge in [0.15, 0.2) is 6.23 Å². The molecule has 2 heterocycles. The van der Waals surface area contributed by atoms with Crippen LogP contribution < -0.4 is 0 Å². The molecule has 0 aliphatic carbocycles. The van der Waals surface area contributed by atoms with Crippen LogP contribution in [0.3, 0.4) is 0 Å². The highest BCUT2D eigenvalue weighted by Crippen LogP contribution is 2.35. The Balaban J connectivity index is 2.12. The minimum absolute atomic E-state index is 0.171. The molecule has 7 heteroatoms. The van der Waals surface area contributed by atoms with E-state index in [9.17, 15) is 15.3 Å². The number of aliphatic hydroxyl groups excluding tert-OH is 3. The summed E-state index contributed by atoms with van der Waals surface area (Å²) in [6.45, 7) is 3.57. The van der Waals surface area contributed by atoms with Gasteiger partial charge in [0.1, 0.15) is 18.3 Å². The van der Waals surface area contributed by atoms with E-state index in [1.807, 2.05) is 26.0 Å². The quantitative estimate of drug-likeness (QED) is 0.767. The van der Waals surface area contributed by atoms with Crippen molar-refractivity contribution in [3.8, 4) is 0 Å². The van der Waals surface area contributed by atoms with E-state index in [1.165, 1.54) is 0 Å². The van der Waals surface area contributed by atoms with E-state index in [0.717, 1.165) is 16.6 Å². The Morgan fingerprint density at radius 2 is 1.90 bits per heavy atom. The summed E-state index contributed by atoms with van der Waals surface area (Å²) < 4.78 is 7.08. The molecule has 1 saturated heterocycles. The number of hydrogen-bond donors (Lipinski definition) is 3. The van der Waals surface area contributed by atoms with Gasteiger partial charge >= 0.3 is 0 Å². The maximum Gasteiger partial charge on any atom is 0.205 e. The molecule has 0 unspecified atom stereocenters. The van der Waals surface area contributed by atoms with E-state index in [1.54, 1.807) is 4.57 Å². The van der Waals surface area contributed by atoms with Gasteiger partial charge in [-0.15, -0.1) is 0 Å². The molecule has 0 spiro atoms. The van der Waals surface area contributed by atoms with Crippen molar-refractivity contribution in [2.75, 3.05) is 6.61 Å². The van der Waals surface area contributed by atoms with Crippen molar-refractivity contribution in [2.24, 2.45) is 0 Å². The van der Waals surface area contributed by atoms with Crippen LogP contribution >= 0.6 is 11.6 Å². The van der Waals surface area contributed by atoms with Crippen LogP contribution in [-0.4, -0.2) is 49.8 Å². The van der Waals surface area contributed by atoms with E-state index >= 15 is 0 Å². The molecule has 114 valence electrons. The van der Waals surface area contributed by atoms with Crippen molar-refractivity contribution in [3.63, 3.8) is 0 Å². The highest BCUT2D eigenvalue weighted by molar-refractivity contribution is 6.29. The fourth-order valence-corrected chi connectivity index (χ4v) is 2.93. The Morgan fingerprint density at radius 3 is 2.52 bits per heavy atom. The number of benzene rings is 1. The number of nitrogens with zero attached hydrogens (tertiary/aromatic N) is 2. The smallest absolute Gasteiger partial charge is 0.205 e. The van der Waals surface area contributed by atoms with Gasteiger partial charge in [-0.3, -0.25) is 4.57 Å². The number of ether oxygens (including phenoxy) is 1. The second-order valence-corrected chi connectivity index (χ2v) is 5.74. The molecule has 0 amide bonds. The third-order valence-electron chi connectivity index (χ3n) is 4.03. The zero-order valence-electron chi connectivity index (χ0n) is 11.7. The fraction of sp³-hybridized carbons (Fsp3) is 0.500. The minimum atomic E-state index is -1.18. The van der Waals surface area contributed by atoms with Gasteiger partial charge in [-0.25, -0.2) is 4.98 Å². The topological polar surface area (TPSA) is 87.7 Å². The summed E-state index contributed by atoms with van der Waals surface area (Å²) in [4.78, 5) is 4.26. The van der Waals surface area contributed by atoms with Gasteiger partial charge in [0.2, 0.25) is 5.28 Å². The molecule has 1 aromatic carbocycles. The lowest BCUT2D eigenvalue weighted by atomic mass is 10.1. The second-order valence-electron chi connectivity index (χ2n) is 5.40. The first-order valence-electron chi connectivity index (χ1n) is 6.71. The number of rotatable bonds is 2. The highest BCUT2D eigenvalue weighted by atomic mass is 35.5. The zero-order valence-corrected chi connectivity index (χ0v) is 12.4. The molecule has 2 aromatic rings. The molecule has 0 saturated carbocycles. The lowest BCUT2D eigenvalue weighted by molar-refractivity contribution is -0.0507. The van der Waals surface area contributed by atoms with Crippen molar-refractivity contribution in [3.05, 3.63) is 28.5 Å². The van der Waals surface area contributed by atoms with Crippen LogP contribution in [-0.2, 0) is 4.74 Å². The van der Waals surface area contributed by atoms with Crippen LogP contribution in [0.4, 0.5) is 0 Å². The highest BCUT2D eigenvalue weighted by Gasteiger charge is 2.44. The van der Waals surface area contributed by atoms with Crippen molar-refractivity contribution in [1.29, 1.82) is 0 Å². The lowest BCUT2D eigenvalue weighted by Crippen LogP contribution is -2.33. The molecule has 6 nitrogen and oxygen atoms in total. The molecule has 0 radical (unpaired) electrons.